The molecule has 0 radical (unpaired) electrons. The molecular weight excluding hydrogens is 236 g/mol. The Kier molecular flexibility index (Phi) is 7.10. The number of rotatable bonds is 4. The lowest BCUT2D eigenvalue weighted by Crippen LogP contribution is -2.44. The highest BCUT2D eigenvalue weighted by Crippen LogP contribution is 2.26. The molecule has 0 aromatic rings. The first-order valence-electron chi connectivity index (χ1n) is 6.43. The largest absolute Gasteiger partial charge is 0.355 e. The first-order valence-corrected chi connectivity index (χ1v) is 6.43. The van der Waals surface area contributed by atoms with Gasteiger partial charge in [0.05, 0.1) is 0 Å². The first kappa shape index (κ1) is 16.7. The summed E-state index contributed by atoms with van der Waals surface area (Å²) in [6.07, 6.45) is 2.31. The molecule has 0 spiro atoms. The van der Waals surface area contributed by atoms with Crippen LogP contribution in [0.2, 0.25) is 0 Å². The molecule has 0 saturated carbocycles. The number of piperidine rings is 1. The van der Waals surface area contributed by atoms with Crippen LogP contribution in [0.4, 0.5) is 0 Å². The summed E-state index contributed by atoms with van der Waals surface area (Å²) in [6.45, 7) is 11.4. The van der Waals surface area contributed by atoms with Gasteiger partial charge < -0.3 is 10.6 Å². The zero-order valence-electron chi connectivity index (χ0n) is 11.5. The van der Waals surface area contributed by atoms with E-state index in [1.165, 1.54) is 0 Å². The average molecular weight is 263 g/mol. The molecule has 2 N–H and O–H groups in total. The molecule has 1 aliphatic rings. The van der Waals surface area contributed by atoms with Crippen LogP contribution < -0.4 is 10.6 Å². The van der Waals surface area contributed by atoms with Crippen LogP contribution in [0, 0.1) is 17.3 Å². The SMILES string of the molecule is CC(C)C(C)C(=O)NCC1(C)CCNCC1.Cl. The molecule has 1 rings (SSSR count). The summed E-state index contributed by atoms with van der Waals surface area (Å²) in [4.78, 5) is 11.8. The van der Waals surface area contributed by atoms with E-state index in [1.54, 1.807) is 0 Å². The molecule has 17 heavy (non-hydrogen) atoms. The van der Waals surface area contributed by atoms with Gasteiger partial charge in [-0.15, -0.1) is 12.4 Å². The second-order valence-corrected chi connectivity index (χ2v) is 5.81. The third-order valence-electron chi connectivity index (χ3n) is 3.91. The van der Waals surface area contributed by atoms with Crippen LogP contribution in [-0.2, 0) is 4.79 Å². The monoisotopic (exact) mass is 262 g/mol. The summed E-state index contributed by atoms with van der Waals surface area (Å²) in [5, 5.41) is 6.46. The number of amides is 1. The maximum atomic E-state index is 11.8. The van der Waals surface area contributed by atoms with E-state index in [9.17, 15) is 4.79 Å². The lowest BCUT2D eigenvalue weighted by molar-refractivity contribution is -0.126. The van der Waals surface area contributed by atoms with E-state index in [4.69, 9.17) is 0 Å². The molecule has 1 unspecified atom stereocenters. The lowest BCUT2D eigenvalue weighted by Gasteiger charge is -2.34. The Labute approximate surface area is 112 Å². The highest BCUT2D eigenvalue weighted by molar-refractivity contribution is 5.85. The van der Waals surface area contributed by atoms with E-state index in [1.807, 2.05) is 6.92 Å². The van der Waals surface area contributed by atoms with Gasteiger partial charge >= 0.3 is 0 Å². The molecule has 4 heteroatoms. The van der Waals surface area contributed by atoms with Crippen molar-refractivity contribution in [2.75, 3.05) is 19.6 Å². The minimum atomic E-state index is 0. The van der Waals surface area contributed by atoms with Gasteiger partial charge in [-0.25, -0.2) is 0 Å². The van der Waals surface area contributed by atoms with Gasteiger partial charge in [-0.2, -0.15) is 0 Å². The van der Waals surface area contributed by atoms with Crippen molar-refractivity contribution in [1.29, 1.82) is 0 Å². The second-order valence-electron chi connectivity index (χ2n) is 5.81. The predicted molar refractivity (Wildman–Crippen MR) is 74.5 cm³/mol. The van der Waals surface area contributed by atoms with Crippen molar-refractivity contribution in [3.05, 3.63) is 0 Å². The van der Waals surface area contributed by atoms with Gasteiger partial charge in [0, 0.05) is 12.5 Å². The van der Waals surface area contributed by atoms with Crippen LogP contribution in [0.5, 0.6) is 0 Å². The van der Waals surface area contributed by atoms with E-state index in [0.29, 0.717) is 5.92 Å². The van der Waals surface area contributed by atoms with Gasteiger partial charge in [0.25, 0.3) is 0 Å². The zero-order chi connectivity index (χ0) is 12.2. The van der Waals surface area contributed by atoms with Gasteiger partial charge in [0.1, 0.15) is 0 Å². The summed E-state index contributed by atoms with van der Waals surface area (Å²) in [5.41, 5.74) is 0.289. The van der Waals surface area contributed by atoms with Gasteiger partial charge in [-0.3, -0.25) is 4.79 Å². The highest BCUT2D eigenvalue weighted by Gasteiger charge is 2.28. The molecule has 102 valence electrons. The van der Waals surface area contributed by atoms with Crippen molar-refractivity contribution < 1.29 is 4.79 Å². The average Bonchev–Trinajstić information content (AvgIpc) is 2.26. The minimum Gasteiger partial charge on any atom is -0.355 e. The van der Waals surface area contributed by atoms with E-state index >= 15 is 0 Å². The topological polar surface area (TPSA) is 41.1 Å². The quantitative estimate of drug-likeness (QED) is 0.816. The Morgan fingerprint density at radius 2 is 1.82 bits per heavy atom. The van der Waals surface area contributed by atoms with E-state index in [-0.39, 0.29) is 29.6 Å². The van der Waals surface area contributed by atoms with Gasteiger partial charge in [0.2, 0.25) is 5.91 Å². The fourth-order valence-corrected chi connectivity index (χ4v) is 1.97. The lowest BCUT2D eigenvalue weighted by atomic mass is 9.81. The molecule has 0 aliphatic carbocycles. The fraction of sp³-hybridized carbons (Fsp3) is 0.923. The molecule has 3 nitrogen and oxygen atoms in total. The molecule has 1 aliphatic heterocycles. The Hall–Kier alpha value is -0.280. The van der Waals surface area contributed by atoms with E-state index in [2.05, 4.69) is 31.4 Å². The number of halogens is 1. The van der Waals surface area contributed by atoms with Gasteiger partial charge in [-0.1, -0.05) is 27.7 Å². The summed E-state index contributed by atoms with van der Waals surface area (Å²) >= 11 is 0. The molecule has 0 aromatic carbocycles. The molecule has 1 fully saturated rings. The normalized spacial score (nSPS) is 20.5. The Balaban J connectivity index is 0.00000256. The first-order chi connectivity index (χ1) is 7.44. The maximum Gasteiger partial charge on any atom is 0.223 e. The molecule has 1 saturated heterocycles. The van der Waals surface area contributed by atoms with Gasteiger partial charge in [0.15, 0.2) is 0 Å². The van der Waals surface area contributed by atoms with E-state index < -0.39 is 0 Å². The van der Waals surface area contributed by atoms with Crippen molar-refractivity contribution in [3.63, 3.8) is 0 Å². The summed E-state index contributed by atoms with van der Waals surface area (Å²) < 4.78 is 0. The number of hydrogen-bond donors (Lipinski definition) is 2. The standard InChI is InChI=1S/C13H26N2O.ClH/c1-10(2)11(3)12(16)15-9-13(4)5-7-14-8-6-13;/h10-11,14H,5-9H2,1-4H3,(H,15,16);1H. The van der Waals surface area contributed by atoms with Crippen LogP contribution in [0.3, 0.4) is 0 Å². The molecule has 1 atom stereocenters. The third-order valence-corrected chi connectivity index (χ3v) is 3.91. The summed E-state index contributed by atoms with van der Waals surface area (Å²) in [5.74, 6) is 0.737. The van der Waals surface area contributed by atoms with Crippen LogP contribution in [-0.4, -0.2) is 25.5 Å². The smallest absolute Gasteiger partial charge is 0.223 e. The summed E-state index contributed by atoms with van der Waals surface area (Å²) in [7, 11) is 0. The van der Waals surface area contributed by atoms with Crippen molar-refractivity contribution in [2.24, 2.45) is 17.3 Å². The predicted octanol–water partition coefficient (Wildman–Crippen LogP) is 2.21. The number of hydrogen-bond acceptors (Lipinski definition) is 2. The highest BCUT2D eigenvalue weighted by atomic mass is 35.5. The van der Waals surface area contributed by atoms with Crippen molar-refractivity contribution in [3.8, 4) is 0 Å². The van der Waals surface area contributed by atoms with Crippen molar-refractivity contribution in [2.45, 2.75) is 40.5 Å². The molecule has 1 heterocycles. The fourth-order valence-electron chi connectivity index (χ4n) is 1.97. The molecular formula is C13H27ClN2O. The van der Waals surface area contributed by atoms with Crippen LogP contribution >= 0.6 is 12.4 Å². The van der Waals surface area contributed by atoms with Crippen LogP contribution in [0.1, 0.15) is 40.5 Å². The summed E-state index contributed by atoms with van der Waals surface area (Å²) in [6, 6.07) is 0. The number of nitrogens with one attached hydrogen (secondary N) is 2. The van der Waals surface area contributed by atoms with Crippen LogP contribution in [0.15, 0.2) is 0 Å². The van der Waals surface area contributed by atoms with Gasteiger partial charge in [-0.05, 0) is 37.3 Å². The zero-order valence-corrected chi connectivity index (χ0v) is 12.3. The molecule has 1 amide bonds. The van der Waals surface area contributed by atoms with Crippen LogP contribution in [0.25, 0.3) is 0 Å². The Bertz CT molecular complexity index is 238. The maximum absolute atomic E-state index is 11.8. The third kappa shape index (κ3) is 5.26. The number of carbonyl (C=O) groups is 1. The number of carbonyl (C=O) groups excluding carboxylic acids is 1. The van der Waals surface area contributed by atoms with Crippen molar-refractivity contribution >= 4 is 18.3 Å². The Morgan fingerprint density at radius 3 is 2.29 bits per heavy atom. The van der Waals surface area contributed by atoms with E-state index in [0.717, 1.165) is 32.5 Å². The minimum absolute atomic E-state index is 0. The Morgan fingerprint density at radius 1 is 1.29 bits per heavy atom. The van der Waals surface area contributed by atoms with Crippen molar-refractivity contribution in [1.82, 2.24) is 10.6 Å². The molecule has 0 bridgehead atoms. The molecule has 0 aromatic heterocycles. The second kappa shape index (κ2) is 7.22.